The van der Waals surface area contributed by atoms with Crippen LogP contribution in [0.4, 0.5) is 10.3 Å². The van der Waals surface area contributed by atoms with Gasteiger partial charge in [-0.15, -0.1) is 0 Å². The van der Waals surface area contributed by atoms with E-state index in [0.29, 0.717) is 17.1 Å². The maximum absolute atomic E-state index is 14.3. The molecule has 4 N–H and O–H groups in total. The third-order valence-electron chi connectivity index (χ3n) is 3.44. The van der Waals surface area contributed by atoms with Gasteiger partial charge in [-0.1, -0.05) is 0 Å². The number of methoxy groups -OCH3 is 1. The van der Waals surface area contributed by atoms with Gasteiger partial charge in [0.05, 0.1) is 29.8 Å². The number of anilines is 1. The van der Waals surface area contributed by atoms with Crippen molar-refractivity contribution >= 4 is 11.9 Å². The first-order valence-electron chi connectivity index (χ1n) is 6.88. The molecule has 7 nitrogen and oxygen atoms in total. The van der Waals surface area contributed by atoms with Crippen LogP contribution in [0.2, 0.25) is 0 Å². The molecule has 24 heavy (non-hydrogen) atoms. The summed E-state index contributed by atoms with van der Waals surface area (Å²) in [6.45, 7) is 0. The molecule has 0 aliphatic heterocycles. The van der Waals surface area contributed by atoms with Gasteiger partial charge >= 0.3 is 5.97 Å². The highest BCUT2D eigenvalue weighted by molar-refractivity contribution is 5.97. The van der Waals surface area contributed by atoms with Gasteiger partial charge in [0.2, 0.25) is 5.95 Å². The molecule has 0 spiro atoms. The van der Waals surface area contributed by atoms with Gasteiger partial charge in [-0.2, -0.15) is 0 Å². The Labute approximate surface area is 135 Å². The lowest BCUT2D eigenvalue weighted by Gasteiger charge is -2.05. The van der Waals surface area contributed by atoms with Gasteiger partial charge < -0.3 is 20.6 Å². The number of H-pyrrole nitrogens is 1. The summed E-state index contributed by atoms with van der Waals surface area (Å²) in [5.41, 5.74) is 6.51. The van der Waals surface area contributed by atoms with Crippen molar-refractivity contribution in [3.05, 3.63) is 47.9 Å². The lowest BCUT2D eigenvalue weighted by molar-refractivity contribution is 0.0698. The van der Waals surface area contributed by atoms with Crippen molar-refractivity contribution in [2.45, 2.75) is 0 Å². The Morgan fingerprint density at radius 1 is 1.33 bits per heavy atom. The number of hydrogen-bond acceptors (Lipinski definition) is 5. The summed E-state index contributed by atoms with van der Waals surface area (Å²) in [6, 6.07) is 7.13. The van der Waals surface area contributed by atoms with Crippen molar-refractivity contribution < 1.29 is 19.0 Å². The minimum atomic E-state index is -1.19. The summed E-state index contributed by atoms with van der Waals surface area (Å²) in [4.78, 5) is 22.2. The third-order valence-corrected chi connectivity index (χ3v) is 3.44. The highest BCUT2D eigenvalue weighted by atomic mass is 19.1. The number of nitrogens with two attached hydrogens (primary N) is 1. The number of carboxylic acids is 1. The molecular weight excluding hydrogens is 315 g/mol. The molecule has 2 aromatic heterocycles. The molecule has 0 saturated heterocycles. The van der Waals surface area contributed by atoms with Gasteiger partial charge in [-0.3, -0.25) is 0 Å². The molecule has 0 aliphatic carbocycles. The summed E-state index contributed by atoms with van der Waals surface area (Å²) < 4.78 is 19.3. The van der Waals surface area contributed by atoms with Gasteiger partial charge in [-0.25, -0.2) is 19.2 Å². The molecule has 0 saturated carbocycles. The van der Waals surface area contributed by atoms with Crippen molar-refractivity contribution in [1.29, 1.82) is 0 Å². The first kappa shape index (κ1) is 15.5. The van der Waals surface area contributed by atoms with Crippen molar-refractivity contribution in [1.82, 2.24) is 15.0 Å². The van der Waals surface area contributed by atoms with E-state index in [2.05, 4.69) is 15.0 Å². The van der Waals surface area contributed by atoms with Crippen LogP contribution in [0.15, 0.2) is 36.5 Å². The highest BCUT2D eigenvalue weighted by Crippen LogP contribution is 2.31. The Balaban J connectivity index is 2.16. The van der Waals surface area contributed by atoms with Gasteiger partial charge in [0.15, 0.2) is 0 Å². The number of aromatic nitrogens is 3. The van der Waals surface area contributed by atoms with E-state index in [-0.39, 0.29) is 22.8 Å². The Morgan fingerprint density at radius 3 is 2.75 bits per heavy atom. The molecule has 8 heteroatoms. The maximum atomic E-state index is 14.3. The second-order valence-electron chi connectivity index (χ2n) is 4.92. The molecule has 0 radical (unpaired) electrons. The Morgan fingerprint density at radius 2 is 2.12 bits per heavy atom. The average molecular weight is 328 g/mol. The smallest absolute Gasteiger partial charge is 0.337 e. The van der Waals surface area contributed by atoms with E-state index < -0.39 is 11.8 Å². The minimum Gasteiger partial charge on any atom is -0.497 e. The summed E-state index contributed by atoms with van der Waals surface area (Å²) >= 11 is 0. The molecule has 3 rings (SSSR count). The van der Waals surface area contributed by atoms with Crippen molar-refractivity contribution in [2.24, 2.45) is 0 Å². The normalized spacial score (nSPS) is 10.6. The van der Waals surface area contributed by atoms with Crippen LogP contribution >= 0.6 is 0 Å². The summed E-state index contributed by atoms with van der Waals surface area (Å²) in [6.07, 6.45) is 1.45. The van der Waals surface area contributed by atoms with Crippen molar-refractivity contribution in [2.75, 3.05) is 12.8 Å². The van der Waals surface area contributed by atoms with Crippen molar-refractivity contribution in [3.63, 3.8) is 0 Å². The minimum absolute atomic E-state index is 0.0520. The van der Waals surface area contributed by atoms with E-state index in [1.165, 1.54) is 31.5 Å². The first-order valence-corrected chi connectivity index (χ1v) is 6.88. The second kappa shape index (κ2) is 5.99. The van der Waals surface area contributed by atoms with E-state index >= 15 is 0 Å². The van der Waals surface area contributed by atoms with E-state index in [1.807, 2.05) is 0 Å². The zero-order valence-electron chi connectivity index (χ0n) is 12.6. The molecule has 0 fully saturated rings. The average Bonchev–Trinajstić information content (AvgIpc) is 3.00. The fourth-order valence-electron chi connectivity index (χ4n) is 2.32. The molecule has 2 heterocycles. The molecule has 1 aromatic carbocycles. The third kappa shape index (κ3) is 2.76. The predicted molar refractivity (Wildman–Crippen MR) is 85.1 cm³/mol. The van der Waals surface area contributed by atoms with Crippen LogP contribution < -0.4 is 10.5 Å². The van der Waals surface area contributed by atoms with Gasteiger partial charge in [-0.05, 0) is 24.3 Å². The number of carbonyl (C=O) groups is 1. The number of aromatic amines is 1. The van der Waals surface area contributed by atoms with Crippen LogP contribution in [0.3, 0.4) is 0 Å². The number of benzene rings is 1. The lowest BCUT2D eigenvalue weighted by atomic mass is 10.1. The van der Waals surface area contributed by atoms with Crippen molar-refractivity contribution in [3.8, 4) is 28.4 Å². The van der Waals surface area contributed by atoms with Crippen LogP contribution in [-0.2, 0) is 0 Å². The van der Waals surface area contributed by atoms with E-state index in [4.69, 9.17) is 10.5 Å². The number of carboxylic acid groups (broad SMARTS) is 1. The van der Waals surface area contributed by atoms with Crippen LogP contribution in [0, 0.1) is 5.82 Å². The predicted octanol–water partition coefficient (Wildman–Crippen LogP) is 2.57. The number of halogens is 1. The Hall–Kier alpha value is -3.42. The molecule has 122 valence electrons. The summed E-state index contributed by atoms with van der Waals surface area (Å²) in [5.74, 6) is -1.41. The summed E-state index contributed by atoms with van der Waals surface area (Å²) in [5, 5.41) is 9.41. The van der Waals surface area contributed by atoms with Gasteiger partial charge in [0, 0.05) is 17.8 Å². The van der Waals surface area contributed by atoms with E-state index in [0.717, 1.165) is 0 Å². The van der Waals surface area contributed by atoms with E-state index in [9.17, 15) is 14.3 Å². The molecule has 3 aromatic rings. The van der Waals surface area contributed by atoms with Gasteiger partial charge in [0.1, 0.15) is 11.6 Å². The fourth-order valence-corrected chi connectivity index (χ4v) is 2.32. The molecular formula is C16H13FN4O3. The maximum Gasteiger partial charge on any atom is 0.337 e. The zero-order valence-corrected chi connectivity index (χ0v) is 12.6. The quantitative estimate of drug-likeness (QED) is 0.678. The number of nitrogens with one attached hydrogen (secondary N) is 1. The number of ether oxygens (including phenoxy) is 1. The molecule has 0 atom stereocenters. The lowest BCUT2D eigenvalue weighted by Crippen LogP contribution is -1.98. The molecule has 0 amide bonds. The zero-order chi connectivity index (χ0) is 17.3. The number of hydrogen-bond donors (Lipinski definition) is 3. The summed E-state index contributed by atoms with van der Waals surface area (Å²) in [7, 11) is 1.42. The molecule has 0 aliphatic rings. The van der Waals surface area contributed by atoms with Crippen LogP contribution in [-0.4, -0.2) is 33.1 Å². The Kier molecular flexibility index (Phi) is 3.87. The topological polar surface area (TPSA) is 114 Å². The monoisotopic (exact) mass is 328 g/mol. The largest absolute Gasteiger partial charge is 0.497 e. The van der Waals surface area contributed by atoms with Crippen LogP contribution in [0.25, 0.3) is 22.6 Å². The number of nitrogen functional groups attached to an aromatic ring is 1. The van der Waals surface area contributed by atoms with E-state index in [1.54, 1.807) is 12.1 Å². The first-order chi connectivity index (χ1) is 11.5. The fraction of sp³-hybridized carbons (Fsp3) is 0.0625. The number of rotatable bonds is 4. The SMILES string of the molecule is COc1ccc(-c2[nH]c(-c3ccnc(N)n3)cc2C(=O)O)c(F)c1. The number of aromatic carboxylic acids is 1. The van der Waals surface area contributed by atoms with Crippen LogP contribution in [0.5, 0.6) is 5.75 Å². The van der Waals surface area contributed by atoms with Gasteiger partial charge in [0.25, 0.3) is 0 Å². The number of nitrogens with zero attached hydrogens (tertiary/aromatic N) is 2. The van der Waals surface area contributed by atoms with Crippen LogP contribution in [0.1, 0.15) is 10.4 Å². The molecule has 0 unspecified atom stereocenters. The second-order valence-corrected chi connectivity index (χ2v) is 4.92. The highest BCUT2D eigenvalue weighted by Gasteiger charge is 2.20. The Bertz CT molecular complexity index is 923. The molecule has 0 bridgehead atoms. The standard InChI is InChI=1S/C16H13FN4O3/c1-24-8-2-3-9(11(17)6-8)14-10(15(22)23)7-13(20-14)12-4-5-19-16(18)21-12/h2-7,20H,1H3,(H,22,23)(H2,18,19,21).